The molecule has 0 atom stereocenters. The maximum absolute atomic E-state index is 11.9. The first-order valence-corrected chi connectivity index (χ1v) is 7.84. The fourth-order valence-electron chi connectivity index (χ4n) is 2.59. The van der Waals surface area contributed by atoms with Gasteiger partial charge in [0.05, 0.1) is 12.2 Å². The Balaban J connectivity index is 2.15. The van der Waals surface area contributed by atoms with Crippen LogP contribution in [0.4, 0.5) is 5.82 Å². The summed E-state index contributed by atoms with van der Waals surface area (Å²) in [5.41, 5.74) is 2.24. The third-order valence-corrected chi connectivity index (χ3v) is 3.85. The van der Waals surface area contributed by atoms with Crippen LogP contribution in [0.15, 0.2) is 0 Å². The van der Waals surface area contributed by atoms with Crippen molar-refractivity contribution in [3.8, 4) is 0 Å². The zero-order chi connectivity index (χ0) is 15.4. The van der Waals surface area contributed by atoms with Gasteiger partial charge in [-0.1, -0.05) is 0 Å². The van der Waals surface area contributed by atoms with Crippen LogP contribution in [0.1, 0.15) is 37.9 Å². The monoisotopic (exact) mass is 293 g/mol. The Labute approximate surface area is 126 Å². The second-order valence-corrected chi connectivity index (χ2v) is 5.63. The van der Waals surface area contributed by atoms with Gasteiger partial charge in [-0.05, 0) is 33.6 Å². The molecule has 1 aliphatic rings. The van der Waals surface area contributed by atoms with Gasteiger partial charge in [0.1, 0.15) is 5.82 Å². The van der Waals surface area contributed by atoms with Crippen LogP contribution >= 0.6 is 0 Å². The van der Waals surface area contributed by atoms with Crippen molar-refractivity contribution >= 4 is 11.7 Å². The van der Waals surface area contributed by atoms with Crippen molar-refractivity contribution in [2.75, 3.05) is 24.5 Å². The van der Waals surface area contributed by atoms with Crippen LogP contribution in [0.25, 0.3) is 0 Å². The minimum Gasteiger partial charge on any atom is -0.355 e. The van der Waals surface area contributed by atoms with Crippen molar-refractivity contribution in [1.82, 2.24) is 20.4 Å². The molecule has 6 nitrogen and oxygen atoms in total. The summed E-state index contributed by atoms with van der Waals surface area (Å²) in [5, 5.41) is 10.9. The number of anilines is 1. The number of hydrogen-bond donors (Lipinski definition) is 2. The lowest BCUT2D eigenvalue weighted by atomic mass is 10.2. The Bertz CT molecular complexity index is 492. The lowest BCUT2D eigenvalue weighted by Crippen LogP contribution is -2.38. The van der Waals surface area contributed by atoms with E-state index in [1.165, 1.54) is 18.4 Å². The molecule has 118 valence electrons. The molecule has 0 saturated heterocycles. The van der Waals surface area contributed by atoms with Gasteiger partial charge < -0.3 is 15.5 Å². The highest BCUT2D eigenvalue weighted by molar-refractivity contribution is 5.81. The van der Waals surface area contributed by atoms with E-state index in [1.54, 1.807) is 0 Å². The van der Waals surface area contributed by atoms with Crippen LogP contribution in [-0.2, 0) is 18.4 Å². The first-order chi connectivity index (χ1) is 10.1. The second kappa shape index (κ2) is 6.93. The van der Waals surface area contributed by atoms with Crippen molar-refractivity contribution in [2.45, 2.75) is 46.2 Å². The summed E-state index contributed by atoms with van der Waals surface area (Å²) in [6, 6.07) is 0.663. The van der Waals surface area contributed by atoms with Crippen LogP contribution in [0.5, 0.6) is 0 Å². The van der Waals surface area contributed by atoms with Crippen LogP contribution in [-0.4, -0.2) is 41.4 Å². The average molecular weight is 293 g/mol. The standard InChI is InChI=1S/C15H27N5O/c1-5-16-14(21)10-20(6-2)15-13(9-17-12-7-8-12)11(3)18-19(15)4/h12,17H,5-10H2,1-4H3,(H,16,21). The molecule has 0 aromatic carbocycles. The smallest absolute Gasteiger partial charge is 0.239 e. The summed E-state index contributed by atoms with van der Waals surface area (Å²) in [6.07, 6.45) is 2.54. The summed E-state index contributed by atoms with van der Waals surface area (Å²) >= 11 is 0. The Morgan fingerprint density at radius 2 is 2.14 bits per heavy atom. The van der Waals surface area contributed by atoms with E-state index < -0.39 is 0 Å². The topological polar surface area (TPSA) is 62.2 Å². The second-order valence-electron chi connectivity index (χ2n) is 5.63. The van der Waals surface area contributed by atoms with Gasteiger partial charge in [0.15, 0.2) is 0 Å². The van der Waals surface area contributed by atoms with Gasteiger partial charge in [-0.3, -0.25) is 9.48 Å². The average Bonchev–Trinajstić information content (AvgIpc) is 3.21. The van der Waals surface area contributed by atoms with E-state index in [9.17, 15) is 4.79 Å². The molecular formula is C15H27N5O. The van der Waals surface area contributed by atoms with Gasteiger partial charge in [0, 0.05) is 38.3 Å². The van der Waals surface area contributed by atoms with Crippen LogP contribution in [0.3, 0.4) is 0 Å². The van der Waals surface area contributed by atoms with Gasteiger partial charge in [0.2, 0.25) is 5.91 Å². The van der Waals surface area contributed by atoms with Crippen molar-refractivity contribution in [1.29, 1.82) is 0 Å². The van der Waals surface area contributed by atoms with E-state index in [4.69, 9.17) is 0 Å². The SMILES string of the molecule is CCNC(=O)CN(CC)c1c(CNC2CC2)c(C)nn1C. The minimum atomic E-state index is 0.0549. The Morgan fingerprint density at radius 3 is 2.71 bits per heavy atom. The van der Waals surface area contributed by atoms with Crippen LogP contribution in [0.2, 0.25) is 0 Å². The van der Waals surface area contributed by atoms with Gasteiger partial charge in [-0.2, -0.15) is 5.10 Å². The number of nitrogens with zero attached hydrogens (tertiary/aromatic N) is 3. The first kappa shape index (κ1) is 15.8. The fraction of sp³-hybridized carbons (Fsp3) is 0.733. The van der Waals surface area contributed by atoms with E-state index in [-0.39, 0.29) is 5.91 Å². The highest BCUT2D eigenvalue weighted by Gasteiger charge is 2.24. The molecule has 21 heavy (non-hydrogen) atoms. The quantitative estimate of drug-likeness (QED) is 0.749. The van der Waals surface area contributed by atoms with Crippen molar-refractivity contribution in [3.63, 3.8) is 0 Å². The highest BCUT2D eigenvalue weighted by Crippen LogP contribution is 2.25. The summed E-state index contributed by atoms with van der Waals surface area (Å²) in [4.78, 5) is 14.0. The molecule has 0 radical (unpaired) electrons. The number of amides is 1. The molecular weight excluding hydrogens is 266 g/mol. The summed E-state index contributed by atoms with van der Waals surface area (Å²) in [5.74, 6) is 1.11. The van der Waals surface area contributed by atoms with Crippen molar-refractivity contribution < 1.29 is 4.79 Å². The van der Waals surface area contributed by atoms with Gasteiger partial charge in [0.25, 0.3) is 0 Å². The molecule has 1 amide bonds. The molecule has 2 rings (SSSR count). The summed E-state index contributed by atoms with van der Waals surface area (Å²) < 4.78 is 1.89. The van der Waals surface area contributed by atoms with Crippen molar-refractivity contribution in [3.05, 3.63) is 11.3 Å². The predicted octanol–water partition coefficient (Wildman–Crippen LogP) is 0.943. The molecule has 1 aromatic heterocycles. The maximum Gasteiger partial charge on any atom is 0.239 e. The molecule has 1 fully saturated rings. The number of rotatable bonds is 8. The van der Waals surface area contributed by atoms with Crippen LogP contribution in [0, 0.1) is 6.92 Å². The summed E-state index contributed by atoms with van der Waals surface area (Å²) in [7, 11) is 1.95. The molecule has 1 saturated carbocycles. The number of carbonyl (C=O) groups excluding carboxylic acids is 1. The molecule has 6 heteroatoms. The van der Waals surface area contributed by atoms with E-state index in [1.807, 2.05) is 25.6 Å². The van der Waals surface area contributed by atoms with Gasteiger partial charge in [-0.25, -0.2) is 0 Å². The minimum absolute atomic E-state index is 0.0549. The Morgan fingerprint density at radius 1 is 1.43 bits per heavy atom. The van der Waals surface area contributed by atoms with Crippen LogP contribution < -0.4 is 15.5 Å². The lowest BCUT2D eigenvalue weighted by molar-refractivity contribution is -0.119. The van der Waals surface area contributed by atoms with E-state index >= 15 is 0 Å². The predicted molar refractivity (Wildman–Crippen MR) is 84.4 cm³/mol. The Hall–Kier alpha value is -1.56. The molecule has 1 aliphatic carbocycles. The van der Waals surface area contributed by atoms with E-state index in [0.29, 0.717) is 19.1 Å². The highest BCUT2D eigenvalue weighted by atomic mass is 16.2. The fourth-order valence-corrected chi connectivity index (χ4v) is 2.59. The van der Waals surface area contributed by atoms with Crippen molar-refractivity contribution in [2.24, 2.45) is 7.05 Å². The largest absolute Gasteiger partial charge is 0.355 e. The summed E-state index contributed by atoms with van der Waals surface area (Å²) in [6.45, 7) is 8.69. The number of hydrogen-bond acceptors (Lipinski definition) is 4. The molecule has 0 aliphatic heterocycles. The van der Waals surface area contributed by atoms with Gasteiger partial charge in [-0.15, -0.1) is 0 Å². The third-order valence-electron chi connectivity index (χ3n) is 3.85. The molecule has 2 N–H and O–H groups in total. The van der Waals surface area contributed by atoms with E-state index in [2.05, 4.69) is 27.6 Å². The normalized spacial score (nSPS) is 14.3. The Kier molecular flexibility index (Phi) is 5.22. The van der Waals surface area contributed by atoms with E-state index in [0.717, 1.165) is 24.6 Å². The zero-order valence-corrected chi connectivity index (χ0v) is 13.6. The molecule has 0 bridgehead atoms. The number of likely N-dealkylation sites (N-methyl/N-ethyl adjacent to an activating group) is 2. The van der Waals surface area contributed by atoms with Gasteiger partial charge >= 0.3 is 0 Å². The lowest BCUT2D eigenvalue weighted by Gasteiger charge is -2.24. The zero-order valence-electron chi connectivity index (χ0n) is 13.6. The number of nitrogens with one attached hydrogen (secondary N) is 2. The molecule has 0 unspecified atom stereocenters. The number of carbonyl (C=O) groups is 1. The maximum atomic E-state index is 11.9. The molecule has 1 aromatic rings. The number of aryl methyl sites for hydroxylation is 2. The first-order valence-electron chi connectivity index (χ1n) is 7.84. The molecule has 1 heterocycles. The number of aromatic nitrogens is 2. The molecule has 0 spiro atoms. The third kappa shape index (κ3) is 3.97.